The summed E-state index contributed by atoms with van der Waals surface area (Å²) in [5.41, 5.74) is 2.31. The summed E-state index contributed by atoms with van der Waals surface area (Å²) in [5.74, 6) is -0.239. The van der Waals surface area contributed by atoms with Crippen molar-refractivity contribution in [2.45, 2.75) is 39.7 Å². The van der Waals surface area contributed by atoms with Gasteiger partial charge >= 0.3 is 11.6 Å². The Morgan fingerprint density at radius 1 is 1.09 bits per heavy atom. The molecule has 1 unspecified atom stereocenters. The lowest BCUT2D eigenvalue weighted by Crippen LogP contribution is -2.34. The van der Waals surface area contributed by atoms with Gasteiger partial charge in [0.25, 0.3) is 5.91 Å². The summed E-state index contributed by atoms with van der Waals surface area (Å²) in [6.45, 7) is 6.58. The van der Waals surface area contributed by atoms with Gasteiger partial charge in [0, 0.05) is 24.6 Å². The standard InChI is InChI=1S/C26H27NO7/c1-15-6-7-16(2)24(17(15)3)32-14-23(28)33-19-9-8-18-11-21(26(30)34-22(18)12-19)25(29)27-13-20-5-4-10-31-20/h6-9,11-12,20H,4-5,10,13-14H2,1-3H3,(H,27,29). The van der Waals surface area contributed by atoms with Crippen molar-refractivity contribution in [2.24, 2.45) is 0 Å². The van der Waals surface area contributed by atoms with Crippen LogP contribution in [-0.2, 0) is 9.53 Å². The minimum absolute atomic E-state index is 0.0311. The van der Waals surface area contributed by atoms with E-state index in [0.29, 0.717) is 24.3 Å². The maximum Gasteiger partial charge on any atom is 0.349 e. The van der Waals surface area contributed by atoms with Gasteiger partial charge in [-0.15, -0.1) is 0 Å². The van der Waals surface area contributed by atoms with E-state index in [0.717, 1.165) is 29.5 Å². The summed E-state index contributed by atoms with van der Waals surface area (Å²) in [5, 5.41) is 3.25. The second kappa shape index (κ2) is 10.1. The smallest absolute Gasteiger partial charge is 0.349 e. The molecule has 3 aromatic rings. The monoisotopic (exact) mass is 465 g/mol. The fourth-order valence-electron chi connectivity index (χ4n) is 3.86. The molecule has 1 amide bonds. The zero-order valence-corrected chi connectivity index (χ0v) is 19.4. The maximum atomic E-state index is 12.4. The van der Waals surface area contributed by atoms with E-state index in [2.05, 4.69) is 5.32 Å². The van der Waals surface area contributed by atoms with Crippen LogP contribution in [0.2, 0.25) is 0 Å². The van der Waals surface area contributed by atoms with Crippen LogP contribution in [0, 0.1) is 20.8 Å². The Hall–Kier alpha value is -3.65. The predicted octanol–water partition coefficient (Wildman–Crippen LogP) is 3.61. The molecule has 2 heterocycles. The van der Waals surface area contributed by atoms with Gasteiger partial charge in [0.05, 0.1) is 6.10 Å². The third kappa shape index (κ3) is 5.28. The summed E-state index contributed by atoms with van der Waals surface area (Å²) in [4.78, 5) is 37.1. The number of esters is 1. The molecule has 1 saturated heterocycles. The number of rotatable bonds is 7. The number of hydrogen-bond donors (Lipinski definition) is 1. The molecule has 0 spiro atoms. The topological polar surface area (TPSA) is 104 Å². The van der Waals surface area contributed by atoms with Crippen LogP contribution in [0.4, 0.5) is 0 Å². The summed E-state index contributed by atoms with van der Waals surface area (Å²) in [6, 6.07) is 10.0. The normalized spacial score (nSPS) is 15.3. The van der Waals surface area contributed by atoms with Gasteiger partial charge in [0.1, 0.15) is 22.6 Å². The number of amides is 1. The number of nitrogens with one attached hydrogen (secondary N) is 1. The third-order valence-corrected chi connectivity index (χ3v) is 5.91. The van der Waals surface area contributed by atoms with Gasteiger partial charge in [-0.25, -0.2) is 9.59 Å². The molecule has 178 valence electrons. The molecular formula is C26H27NO7. The summed E-state index contributed by atoms with van der Waals surface area (Å²) >= 11 is 0. The first kappa shape index (κ1) is 23.5. The first-order valence-electron chi connectivity index (χ1n) is 11.2. The van der Waals surface area contributed by atoms with Crippen LogP contribution in [-0.4, -0.2) is 37.7 Å². The van der Waals surface area contributed by atoms with Crippen molar-refractivity contribution in [1.82, 2.24) is 5.32 Å². The van der Waals surface area contributed by atoms with Crippen LogP contribution < -0.4 is 20.4 Å². The SMILES string of the molecule is Cc1ccc(C)c(OCC(=O)Oc2ccc3cc(C(=O)NCC4CCCO4)c(=O)oc3c2)c1C. The largest absolute Gasteiger partial charge is 0.481 e. The van der Waals surface area contributed by atoms with Crippen molar-refractivity contribution < 1.29 is 28.2 Å². The van der Waals surface area contributed by atoms with Gasteiger partial charge in [-0.05, 0) is 68.5 Å². The molecule has 8 nitrogen and oxygen atoms in total. The number of fused-ring (bicyclic) bond motifs is 1. The Bertz CT molecular complexity index is 1290. The van der Waals surface area contributed by atoms with Gasteiger partial charge in [-0.2, -0.15) is 0 Å². The van der Waals surface area contributed by atoms with Crippen LogP contribution in [0.15, 0.2) is 45.6 Å². The minimum Gasteiger partial charge on any atom is -0.481 e. The summed E-state index contributed by atoms with van der Waals surface area (Å²) in [6.07, 6.45) is 1.81. The van der Waals surface area contributed by atoms with E-state index in [4.69, 9.17) is 18.6 Å². The van der Waals surface area contributed by atoms with Gasteiger partial charge in [-0.1, -0.05) is 12.1 Å². The van der Waals surface area contributed by atoms with Crippen molar-refractivity contribution in [3.05, 3.63) is 69.1 Å². The summed E-state index contributed by atoms with van der Waals surface area (Å²) < 4.78 is 21.8. The highest BCUT2D eigenvalue weighted by Crippen LogP contribution is 2.26. The van der Waals surface area contributed by atoms with Gasteiger partial charge in [0.15, 0.2) is 6.61 Å². The van der Waals surface area contributed by atoms with Gasteiger partial charge in [-0.3, -0.25) is 4.79 Å². The number of hydrogen-bond acceptors (Lipinski definition) is 7. The molecule has 2 aromatic carbocycles. The zero-order valence-electron chi connectivity index (χ0n) is 19.4. The number of carbonyl (C=O) groups is 2. The van der Waals surface area contributed by atoms with E-state index in [1.165, 1.54) is 12.1 Å². The lowest BCUT2D eigenvalue weighted by molar-refractivity contribution is -0.136. The van der Waals surface area contributed by atoms with Crippen molar-refractivity contribution in [3.63, 3.8) is 0 Å². The molecule has 1 aliphatic rings. The van der Waals surface area contributed by atoms with Crippen molar-refractivity contribution in [3.8, 4) is 11.5 Å². The zero-order chi connectivity index (χ0) is 24.2. The second-order valence-electron chi connectivity index (χ2n) is 8.41. The highest BCUT2D eigenvalue weighted by Gasteiger charge is 2.19. The molecule has 0 bridgehead atoms. The number of benzene rings is 2. The second-order valence-corrected chi connectivity index (χ2v) is 8.41. The highest BCUT2D eigenvalue weighted by molar-refractivity contribution is 5.96. The van der Waals surface area contributed by atoms with E-state index in [-0.39, 0.29) is 29.6 Å². The predicted molar refractivity (Wildman–Crippen MR) is 126 cm³/mol. The first-order valence-corrected chi connectivity index (χ1v) is 11.2. The van der Waals surface area contributed by atoms with Crippen LogP contribution in [0.25, 0.3) is 11.0 Å². The highest BCUT2D eigenvalue weighted by atomic mass is 16.6. The molecule has 0 saturated carbocycles. The Morgan fingerprint density at radius 2 is 1.88 bits per heavy atom. The minimum atomic E-state index is -0.769. The number of carbonyl (C=O) groups excluding carboxylic acids is 2. The molecule has 1 aliphatic heterocycles. The molecule has 1 fully saturated rings. The van der Waals surface area contributed by atoms with Crippen LogP contribution >= 0.6 is 0 Å². The van der Waals surface area contributed by atoms with Crippen molar-refractivity contribution in [1.29, 1.82) is 0 Å². The molecule has 1 N–H and O–H groups in total. The van der Waals surface area contributed by atoms with Crippen LogP contribution in [0.3, 0.4) is 0 Å². The van der Waals surface area contributed by atoms with Crippen LogP contribution in [0.5, 0.6) is 11.5 Å². The Labute approximate surface area is 196 Å². The van der Waals surface area contributed by atoms with Gasteiger partial charge in [0.2, 0.25) is 0 Å². The fourth-order valence-corrected chi connectivity index (χ4v) is 3.86. The molecule has 1 atom stereocenters. The van der Waals surface area contributed by atoms with E-state index in [9.17, 15) is 14.4 Å². The molecule has 1 aromatic heterocycles. The van der Waals surface area contributed by atoms with E-state index >= 15 is 0 Å². The van der Waals surface area contributed by atoms with Gasteiger partial charge < -0.3 is 23.9 Å². The number of aryl methyl sites for hydroxylation is 2. The Morgan fingerprint density at radius 3 is 2.65 bits per heavy atom. The Kier molecular flexibility index (Phi) is 6.98. The molecule has 8 heteroatoms. The average Bonchev–Trinajstić information content (AvgIpc) is 3.33. The molecule has 0 aliphatic carbocycles. The average molecular weight is 466 g/mol. The van der Waals surface area contributed by atoms with E-state index < -0.39 is 17.5 Å². The molecule has 34 heavy (non-hydrogen) atoms. The maximum absolute atomic E-state index is 12.4. The van der Waals surface area contributed by atoms with Crippen molar-refractivity contribution in [2.75, 3.05) is 19.8 Å². The quantitative estimate of drug-likeness (QED) is 0.323. The Balaban J connectivity index is 1.41. The first-order chi connectivity index (χ1) is 16.3. The molecule has 4 rings (SSSR count). The third-order valence-electron chi connectivity index (χ3n) is 5.91. The lowest BCUT2D eigenvalue weighted by Gasteiger charge is -2.13. The lowest BCUT2D eigenvalue weighted by atomic mass is 10.1. The van der Waals surface area contributed by atoms with E-state index in [1.807, 2.05) is 32.9 Å². The van der Waals surface area contributed by atoms with Crippen molar-refractivity contribution >= 4 is 22.8 Å². The molecule has 0 radical (unpaired) electrons. The van der Waals surface area contributed by atoms with E-state index in [1.54, 1.807) is 12.1 Å². The van der Waals surface area contributed by atoms with Crippen LogP contribution in [0.1, 0.15) is 39.9 Å². The summed E-state index contributed by atoms with van der Waals surface area (Å²) in [7, 11) is 0. The number of ether oxygens (including phenoxy) is 3. The molecular weight excluding hydrogens is 438 g/mol. The fraction of sp³-hybridized carbons (Fsp3) is 0.346.